The predicted octanol–water partition coefficient (Wildman–Crippen LogP) is 10.5. The van der Waals surface area contributed by atoms with Gasteiger partial charge >= 0.3 is 0 Å². The first-order valence-corrected chi connectivity index (χ1v) is 19.6. The minimum Gasteiger partial charge on any atom is -0.305 e. The summed E-state index contributed by atoms with van der Waals surface area (Å²) in [5.74, 6) is 0. The molecule has 0 saturated heterocycles. The van der Waals surface area contributed by atoms with Gasteiger partial charge in [0.25, 0.3) is 0 Å². The fourth-order valence-electron chi connectivity index (χ4n) is 5.57. The molecule has 1 radical (unpaired) electrons. The topological polar surface area (TPSA) is 25.8 Å². The van der Waals surface area contributed by atoms with Crippen LogP contribution in [0.15, 0.2) is 134 Å². The van der Waals surface area contributed by atoms with Crippen LogP contribution in [-0.4, -0.2) is 18.0 Å². The molecule has 2 nitrogen and oxygen atoms in total. The normalized spacial score (nSPS) is 11.2. The van der Waals surface area contributed by atoms with E-state index in [1.165, 1.54) is 33.0 Å². The van der Waals surface area contributed by atoms with E-state index in [1.807, 2.05) is 36.5 Å². The van der Waals surface area contributed by atoms with Gasteiger partial charge in [-0.2, -0.15) is 0 Å². The third kappa shape index (κ3) is 10.5. The van der Waals surface area contributed by atoms with Gasteiger partial charge in [0.2, 0.25) is 0 Å². The molecule has 4 aromatic carbocycles. The third-order valence-electron chi connectivity index (χ3n) is 7.77. The molecule has 241 valence electrons. The van der Waals surface area contributed by atoms with Crippen LogP contribution in [0.4, 0.5) is 0 Å². The summed E-state index contributed by atoms with van der Waals surface area (Å²) in [5.41, 5.74) is 10.8. The zero-order chi connectivity index (χ0) is 32.6. The van der Waals surface area contributed by atoms with Crippen LogP contribution in [0.5, 0.6) is 0 Å². The van der Waals surface area contributed by atoms with Crippen molar-refractivity contribution in [3.05, 3.63) is 163 Å². The Kier molecular flexibility index (Phi) is 12.4. The Bertz CT molecular complexity index is 1820. The molecule has 0 aliphatic heterocycles. The van der Waals surface area contributed by atoms with Gasteiger partial charge in [-0.05, 0) is 46.5 Å². The summed E-state index contributed by atoms with van der Waals surface area (Å²) in [6.07, 6.45) is 6.00. The fourth-order valence-corrected chi connectivity index (χ4v) is 7.15. The largest absolute Gasteiger partial charge is 0.305 e. The summed E-state index contributed by atoms with van der Waals surface area (Å²) in [7, 11) is -1.43. The van der Waals surface area contributed by atoms with Gasteiger partial charge in [-0.25, -0.2) is 0 Å². The molecule has 0 amide bonds. The van der Waals surface area contributed by atoms with Crippen LogP contribution in [0, 0.1) is 17.5 Å². The van der Waals surface area contributed by atoms with E-state index in [1.54, 1.807) is 0 Å². The molecule has 0 aliphatic carbocycles. The van der Waals surface area contributed by atoms with Gasteiger partial charge in [0.05, 0.1) is 8.07 Å². The van der Waals surface area contributed by atoms with E-state index in [-0.39, 0.29) is 25.5 Å². The maximum absolute atomic E-state index is 4.72. The van der Waals surface area contributed by atoms with Crippen LogP contribution in [0.2, 0.25) is 19.6 Å². The van der Waals surface area contributed by atoms with Crippen LogP contribution in [0.25, 0.3) is 33.6 Å². The summed E-state index contributed by atoms with van der Waals surface area (Å²) in [5, 5.41) is 1.45. The van der Waals surface area contributed by atoms with Crippen molar-refractivity contribution >= 4 is 13.3 Å². The Balaban J connectivity index is 0.000000208. The molecular weight excluding hydrogens is 765 g/mol. The smallest absolute Gasteiger partial charge is 0.0799 e. The van der Waals surface area contributed by atoms with Crippen molar-refractivity contribution in [1.82, 2.24) is 9.97 Å². The van der Waals surface area contributed by atoms with Crippen molar-refractivity contribution in [2.75, 3.05) is 0 Å². The van der Waals surface area contributed by atoms with Gasteiger partial charge in [-0.15, -0.1) is 65.7 Å². The number of pyridine rings is 2. The van der Waals surface area contributed by atoms with Crippen LogP contribution >= 0.6 is 0 Å². The standard InChI is InChI=1S/C22H22N.C21H22NSi.Ir/c1-22(2,3)16-17-13-14-23-21(15-17)20-11-9-19(10-12-20)18-7-5-4-6-8-18;1-23(2,3)21-16-22-20(18-12-8-5-9-13-18)15-19(21)14-17-10-6-4-7-11-17;/h4-11,13-15H,16H2,1-3H3;4-12,15-16H,14H2,1-3H3;/q2*-1;. The molecular formula is C43H44IrN2Si-2. The summed E-state index contributed by atoms with van der Waals surface area (Å²) < 4.78 is 0. The monoisotopic (exact) mass is 809 g/mol. The quantitative estimate of drug-likeness (QED) is 0.119. The zero-order valence-electron chi connectivity index (χ0n) is 28.3. The first kappa shape index (κ1) is 35.9. The molecule has 0 bridgehead atoms. The Morgan fingerprint density at radius 2 is 1.30 bits per heavy atom. The SMILES string of the molecule is CC(C)(C)Cc1ccnc(-c2[c-]cc(-c3ccccc3)cc2)c1.C[Si](C)(C)c1cnc(-c2[c-]cccc2)cc1Cc1ccccc1.[Ir]. The molecule has 4 heteroatoms. The Hall–Kier alpha value is -3.95. The summed E-state index contributed by atoms with van der Waals surface area (Å²) in [6.45, 7) is 13.9. The van der Waals surface area contributed by atoms with Crippen molar-refractivity contribution < 1.29 is 20.1 Å². The van der Waals surface area contributed by atoms with Gasteiger partial charge in [0.1, 0.15) is 0 Å². The molecule has 0 aliphatic rings. The number of hydrogen-bond donors (Lipinski definition) is 0. The van der Waals surface area contributed by atoms with E-state index in [0.717, 1.165) is 35.4 Å². The molecule has 6 aromatic rings. The van der Waals surface area contributed by atoms with Crippen molar-refractivity contribution in [2.24, 2.45) is 5.41 Å². The molecule has 0 fully saturated rings. The van der Waals surface area contributed by atoms with Gasteiger partial charge in [0, 0.05) is 32.5 Å². The summed E-state index contributed by atoms with van der Waals surface area (Å²) in [6, 6.07) is 48.6. The van der Waals surface area contributed by atoms with Gasteiger partial charge < -0.3 is 9.97 Å². The molecule has 0 unspecified atom stereocenters. The average molecular weight is 809 g/mol. The van der Waals surface area contributed by atoms with Crippen LogP contribution in [0.3, 0.4) is 0 Å². The number of rotatable bonds is 7. The average Bonchev–Trinajstić information content (AvgIpc) is 3.05. The first-order valence-electron chi connectivity index (χ1n) is 16.1. The number of aromatic nitrogens is 2. The number of benzene rings is 4. The Morgan fingerprint density at radius 3 is 1.91 bits per heavy atom. The minimum atomic E-state index is -1.43. The summed E-state index contributed by atoms with van der Waals surface area (Å²) >= 11 is 0. The van der Waals surface area contributed by atoms with Crippen molar-refractivity contribution in [1.29, 1.82) is 0 Å². The van der Waals surface area contributed by atoms with Gasteiger partial charge in [-0.1, -0.05) is 135 Å². The summed E-state index contributed by atoms with van der Waals surface area (Å²) in [4.78, 5) is 9.23. The van der Waals surface area contributed by atoms with Crippen LogP contribution in [-0.2, 0) is 32.9 Å². The molecule has 2 aromatic heterocycles. The second-order valence-corrected chi connectivity index (χ2v) is 19.1. The first-order chi connectivity index (χ1) is 22.0. The van der Waals surface area contributed by atoms with E-state index in [9.17, 15) is 0 Å². The van der Waals surface area contributed by atoms with Crippen molar-refractivity contribution in [3.63, 3.8) is 0 Å². The second kappa shape index (κ2) is 16.2. The third-order valence-corrected chi connectivity index (χ3v) is 9.84. The van der Waals surface area contributed by atoms with E-state index in [2.05, 4.69) is 155 Å². The molecule has 0 saturated carbocycles. The van der Waals surface area contributed by atoms with Crippen LogP contribution < -0.4 is 5.19 Å². The number of hydrogen-bond acceptors (Lipinski definition) is 2. The molecule has 6 rings (SSSR count). The van der Waals surface area contributed by atoms with E-state index >= 15 is 0 Å². The number of nitrogens with zero attached hydrogens (tertiary/aromatic N) is 2. The zero-order valence-corrected chi connectivity index (χ0v) is 31.7. The predicted molar refractivity (Wildman–Crippen MR) is 198 cm³/mol. The van der Waals surface area contributed by atoms with E-state index in [0.29, 0.717) is 0 Å². The molecule has 0 N–H and O–H groups in total. The second-order valence-electron chi connectivity index (χ2n) is 14.1. The maximum Gasteiger partial charge on any atom is 0.0799 e. The maximum atomic E-state index is 4.72. The Labute approximate surface area is 296 Å². The van der Waals surface area contributed by atoms with Crippen molar-refractivity contribution in [3.8, 4) is 33.6 Å². The molecule has 0 spiro atoms. The molecule has 2 heterocycles. The van der Waals surface area contributed by atoms with E-state index in [4.69, 9.17) is 4.98 Å². The van der Waals surface area contributed by atoms with E-state index < -0.39 is 8.07 Å². The molecule has 0 atom stereocenters. The Morgan fingerprint density at radius 1 is 0.638 bits per heavy atom. The van der Waals surface area contributed by atoms with Crippen LogP contribution in [0.1, 0.15) is 37.5 Å². The fraction of sp³-hybridized carbons (Fsp3) is 0.209. The van der Waals surface area contributed by atoms with Gasteiger partial charge in [0.15, 0.2) is 0 Å². The molecule has 47 heavy (non-hydrogen) atoms. The minimum absolute atomic E-state index is 0. The van der Waals surface area contributed by atoms with Crippen molar-refractivity contribution in [2.45, 2.75) is 53.3 Å². The van der Waals surface area contributed by atoms with Gasteiger partial charge in [-0.3, -0.25) is 0 Å².